The van der Waals surface area contributed by atoms with Crippen molar-refractivity contribution in [2.24, 2.45) is 0 Å². The number of alkyl halides is 3. The van der Waals surface area contributed by atoms with Gasteiger partial charge in [0.25, 0.3) is 21.8 Å². The van der Waals surface area contributed by atoms with Crippen LogP contribution in [-0.2, 0) is 25.8 Å². The molecule has 0 fully saturated rings. The van der Waals surface area contributed by atoms with E-state index in [0.717, 1.165) is 53.1 Å². The number of nitrogens with one attached hydrogen (secondary N) is 2. The highest BCUT2D eigenvalue weighted by molar-refractivity contribution is 8.04. The average molecular weight is 614 g/mol. The molecule has 1 aliphatic rings. The molecule has 13 heteroatoms. The zero-order chi connectivity index (χ0) is 30.1. The summed E-state index contributed by atoms with van der Waals surface area (Å²) in [4.78, 5) is 28.1. The number of hydrogen-bond donors (Lipinski definition) is 2. The van der Waals surface area contributed by atoms with Crippen molar-refractivity contribution >= 4 is 50.7 Å². The van der Waals surface area contributed by atoms with Crippen LogP contribution < -0.4 is 14.9 Å². The molecule has 42 heavy (non-hydrogen) atoms. The standard InChI is InChI=1S/C29H19F4N3O4S2/c30-19-11-13-20(14-12-19)34-25-26(28(38)36(27(25)37)22-15-9-18(10-16-22)29(31,32)33)41-23-6-4-5-21(17-23)35-42(39,40)24-7-2-1-3-8-24/h1-17,34-35H. The third-order valence-electron chi connectivity index (χ3n) is 5.97. The van der Waals surface area contributed by atoms with Gasteiger partial charge in [-0.15, -0.1) is 0 Å². The molecule has 7 nitrogen and oxygen atoms in total. The summed E-state index contributed by atoms with van der Waals surface area (Å²) >= 11 is 0.852. The first-order valence-corrected chi connectivity index (χ1v) is 14.4. The van der Waals surface area contributed by atoms with Crippen molar-refractivity contribution in [3.05, 3.63) is 125 Å². The van der Waals surface area contributed by atoms with Gasteiger partial charge < -0.3 is 5.32 Å². The van der Waals surface area contributed by atoms with Crippen LogP contribution in [-0.4, -0.2) is 20.2 Å². The summed E-state index contributed by atoms with van der Waals surface area (Å²) in [5, 5.41) is 2.82. The fourth-order valence-electron chi connectivity index (χ4n) is 3.98. The lowest BCUT2D eigenvalue weighted by atomic mass is 10.2. The zero-order valence-electron chi connectivity index (χ0n) is 21.2. The molecule has 1 heterocycles. The average Bonchev–Trinajstić information content (AvgIpc) is 3.18. The van der Waals surface area contributed by atoms with Crippen molar-refractivity contribution < 1.29 is 35.6 Å². The van der Waals surface area contributed by atoms with E-state index in [1.807, 2.05) is 0 Å². The maximum Gasteiger partial charge on any atom is 0.416 e. The second-order valence-electron chi connectivity index (χ2n) is 8.87. The van der Waals surface area contributed by atoms with E-state index in [1.54, 1.807) is 30.3 Å². The third-order valence-corrected chi connectivity index (χ3v) is 8.44. The van der Waals surface area contributed by atoms with Gasteiger partial charge in [-0.1, -0.05) is 36.0 Å². The first-order valence-electron chi connectivity index (χ1n) is 12.1. The Labute approximate surface area is 241 Å². The lowest BCUT2D eigenvalue weighted by Crippen LogP contribution is -2.32. The van der Waals surface area contributed by atoms with Gasteiger partial charge in [0.2, 0.25) is 0 Å². The molecule has 0 bridgehead atoms. The normalized spacial score (nSPS) is 14.0. The largest absolute Gasteiger partial charge is 0.416 e. The number of hydrogen-bond acceptors (Lipinski definition) is 6. The van der Waals surface area contributed by atoms with Crippen molar-refractivity contribution in [3.8, 4) is 0 Å². The maximum atomic E-state index is 13.5. The first kappa shape index (κ1) is 28.9. The van der Waals surface area contributed by atoms with Crippen LogP contribution in [0.4, 0.5) is 34.6 Å². The van der Waals surface area contributed by atoms with Gasteiger partial charge in [0.15, 0.2) is 0 Å². The second-order valence-corrected chi connectivity index (χ2v) is 11.6. The Morgan fingerprint density at radius 3 is 2.05 bits per heavy atom. The van der Waals surface area contributed by atoms with Crippen LogP contribution in [0.3, 0.4) is 0 Å². The van der Waals surface area contributed by atoms with Gasteiger partial charge in [-0.3, -0.25) is 14.3 Å². The van der Waals surface area contributed by atoms with Crippen molar-refractivity contribution in [1.29, 1.82) is 0 Å². The molecule has 1 aliphatic heterocycles. The molecule has 5 rings (SSSR count). The van der Waals surface area contributed by atoms with Crippen molar-refractivity contribution in [2.75, 3.05) is 14.9 Å². The number of anilines is 3. The minimum atomic E-state index is -4.61. The molecule has 4 aromatic carbocycles. The fourth-order valence-corrected chi connectivity index (χ4v) is 6.04. The summed E-state index contributed by atoms with van der Waals surface area (Å²) in [6.07, 6.45) is -4.61. The number of thioether (sulfide) groups is 1. The molecule has 0 radical (unpaired) electrons. The Morgan fingerprint density at radius 1 is 0.738 bits per heavy atom. The minimum absolute atomic E-state index is 0.0419. The zero-order valence-corrected chi connectivity index (χ0v) is 22.9. The van der Waals surface area contributed by atoms with E-state index < -0.39 is 39.4 Å². The van der Waals surface area contributed by atoms with E-state index >= 15 is 0 Å². The fraction of sp³-hybridized carbons (Fsp3) is 0.0345. The van der Waals surface area contributed by atoms with Gasteiger partial charge >= 0.3 is 6.18 Å². The third kappa shape index (κ3) is 6.16. The van der Waals surface area contributed by atoms with Crippen molar-refractivity contribution in [3.63, 3.8) is 0 Å². The Kier molecular flexibility index (Phi) is 7.80. The molecule has 0 aliphatic carbocycles. The lowest BCUT2D eigenvalue weighted by molar-refractivity contribution is -0.137. The van der Waals surface area contributed by atoms with E-state index in [0.29, 0.717) is 4.90 Å². The van der Waals surface area contributed by atoms with Gasteiger partial charge in [0.1, 0.15) is 16.4 Å². The predicted octanol–water partition coefficient (Wildman–Crippen LogP) is 6.63. The monoisotopic (exact) mass is 613 g/mol. The number of amides is 2. The molecule has 4 aromatic rings. The molecule has 0 atom stereocenters. The Bertz CT molecular complexity index is 1790. The summed E-state index contributed by atoms with van der Waals surface area (Å²) in [7, 11) is -3.91. The minimum Gasteiger partial charge on any atom is -0.350 e. The highest BCUT2D eigenvalue weighted by Crippen LogP contribution is 2.39. The van der Waals surface area contributed by atoms with Crippen LogP contribution in [0.1, 0.15) is 5.56 Å². The summed E-state index contributed by atoms with van der Waals surface area (Å²) < 4.78 is 80.7. The van der Waals surface area contributed by atoms with Crippen LogP contribution in [0.2, 0.25) is 0 Å². The van der Waals surface area contributed by atoms with Crippen LogP contribution >= 0.6 is 11.8 Å². The molecule has 0 saturated carbocycles. The highest BCUT2D eigenvalue weighted by atomic mass is 32.2. The quantitative estimate of drug-likeness (QED) is 0.171. The Balaban J connectivity index is 1.48. The maximum absolute atomic E-state index is 13.5. The number of nitrogens with zero attached hydrogens (tertiary/aromatic N) is 1. The second kappa shape index (κ2) is 11.3. The molecule has 2 N–H and O–H groups in total. The van der Waals surface area contributed by atoms with Crippen LogP contribution in [0.25, 0.3) is 0 Å². The van der Waals surface area contributed by atoms with E-state index in [9.17, 15) is 35.6 Å². The number of carbonyl (C=O) groups is 2. The smallest absolute Gasteiger partial charge is 0.350 e. The Morgan fingerprint density at radius 2 is 1.40 bits per heavy atom. The number of carbonyl (C=O) groups excluding carboxylic acids is 2. The number of sulfonamides is 1. The summed E-state index contributed by atoms with van der Waals surface area (Å²) in [5.74, 6) is -2.18. The van der Waals surface area contributed by atoms with Crippen molar-refractivity contribution in [1.82, 2.24) is 0 Å². The summed E-state index contributed by atoms with van der Waals surface area (Å²) in [6.45, 7) is 0. The van der Waals surface area contributed by atoms with Gasteiger partial charge in [-0.2, -0.15) is 13.2 Å². The van der Waals surface area contributed by atoms with Crippen LogP contribution in [0.5, 0.6) is 0 Å². The van der Waals surface area contributed by atoms with E-state index in [1.165, 1.54) is 36.4 Å². The molecular formula is C29H19F4N3O4S2. The summed E-state index contributed by atoms with van der Waals surface area (Å²) in [5.41, 5.74) is -0.756. The molecule has 0 saturated heterocycles. The van der Waals surface area contributed by atoms with Crippen molar-refractivity contribution in [2.45, 2.75) is 16.0 Å². The SMILES string of the molecule is O=C1C(Nc2ccc(F)cc2)=C(Sc2cccc(NS(=O)(=O)c3ccccc3)c2)C(=O)N1c1ccc(C(F)(F)F)cc1. The van der Waals surface area contributed by atoms with Gasteiger partial charge in [0, 0.05) is 16.3 Å². The van der Waals surface area contributed by atoms with E-state index in [-0.39, 0.29) is 32.6 Å². The highest BCUT2D eigenvalue weighted by Gasteiger charge is 2.41. The summed E-state index contributed by atoms with van der Waals surface area (Å²) in [6, 6.07) is 22.3. The number of benzene rings is 4. The van der Waals surface area contributed by atoms with E-state index in [2.05, 4.69) is 10.0 Å². The molecule has 0 unspecified atom stereocenters. The van der Waals surface area contributed by atoms with Gasteiger partial charge in [-0.25, -0.2) is 17.7 Å². The molecule has 214 valence electrons. The number of halogens is 4. The first-order chi connectivity index (χ1) is 19.9. The molecule has 2 amide bonds. The predicted molar refractivity (Wildman–Crippen MR) is 151 cm³/mol. The lowest BCUT2D eigenvalue weighted by Gasteiger charge is -2.16. The van der Waals surface area contributed by atoms with Gasteiger partial charge in [0.05, 0.1) is 16.1 Å². The molecular weight excluding hydrogens is 594 g/mol. The molecule has 0 spiro atoms. The molecule has 0 aromatic heterocycles. The van der Waals surface area contributed by atoms with Crippen LogP contribution in [0.15, 0.2) is 124 Å². The number of imide groups is 1. The Hall–Kier alpha value is -4.62. The van der Waals surface area contributed by atoms with Gasteiger partial charge in [-0.05, 0) is 78.9 Å². The topological polar surface area (TPSA) is 95.6 Å². The number of rotatable bonds is 8. The van der Waals surface area contributed by atoms with Crippen LogP contribution in [0, 0.1) is 5.82 Å². The van der Waals surface area contributed by atoms with E-state index in [4.69, 9.17) is 0 Å².